The van der Waals surface area contributed by atoms with E-state index in [1.807, 2.05) is 13.2 Å². The van der Waals surface area contributed by atoms with Crippen molar-refractivity contribution in [1.29, 1.82) is 0 Å². The maximum absolute atomic E-state index is 4.46. The molecule has 1 aromatic heterocycles. The molecule has 0 amide bonds. The van der Waals surface area contributed by atoms with E-state index in [-0.39, 0.29) is 0 Å². The second-order valence-electron chi connectivity index (χ2n) is 5.23. The van der Waals surface area contributed by atoms with E-state index < -0.39 is 0 Å². The Morgan fingerprint density at radius 3 is 2.75 bits per heavy atom. The summed E-state index contributed by atoms with van der Waals surface area (Å²) in [5.41, 5.74) is 3.97. The van der Waals surface area contributed by atoms with Crippen molar-refractivity contribution in [2.75, 3.05) is 18.9 Å². The SMILES string of the molecule is CNc1cnc(CN2CCCc3ccccc3C2)cn1. The number of rotatable bonds is 3. The second kappa shape index (κ2) is 6.01. The summed E-state index contributed by atoms with van der Waals surface area (Å²) in [4.78, 5) is 11.2. The monoisotopic (exact) mass is 268 g/mol. The number of hydrogen-bond donors (Lipinski definition) is 1. The van der Waals surface area contributed by atoms with Crippen LogP contribution in [-0.4, -0.2) is 28.5 Å². The van der Waals surface area contributed by atoms with Gasteiger partial charge in [-0.3, -0.25) is 9.88 Å². The van der Waals surface area contributed by atoms with Crippen LogP contribution in [0, 0.1) is 0 Å². The quantitative estimate of drug-likeness (QED) is 0.928. The predicted molar refractivity (Wildman–Crippen MR) is 80.5 cm³/mol. The van der Waals surface area contributed by atoms with Gasteiger partial charge in [-0.25, -0.2) is 4.98 Å². The third kappa shape index (κ3) is 2.96. The highest BCUT2D eigenvalue weighted by molar-refractivity contribution is 5.30. The zero-order valence-corrected chi connectivity index (χ0v) is 11.8. The number of hydrogen-bond acceptors (Lipinski definition) is 4. The molecule has 0 unspecified atom stereocenters. The summed E-state index contributed by atoms with van der Waals surface area (Å²) in [7, 11) is 1.86. The first-order valence-electron chi connectivity index (χ1n) is 7.13. The minimum atomic E-state index is 0.815. The number of fused-ring (bicyclic) bond motifs is 1. The zero-order valence-electron chi connectivity index (χ0n) is 11.8. The number of anilines is 1. The maximum Gasteiger partial charge on any atom is 0.144 e. The van der Waals surface area contributed by atoms with Gasteiger partial charge >= 0.3 is 0 Å². The molecule has 0 radical (unpaired) electrons. The minimum Gasteiger partial charge on any atom is -0.372 e. The molecule has 1 aromatic carbocycles. The largest absolute Gasteiger partial charge is 0.372 e. The molecule has 2 aromatic rings. The molecule has 0 spiro atoms. The first-order valence-corrected chi connectivity index (χ1v) is 7.13. The molecular weight excluding hydrogens is 248 g/mol. The molecular formula is C16H20N4. The molecule has 0 saturated heterocycles. The molecule has 2 heterocycles. The van der Waals surface area contributed by atoms with Crippen LogP contribution in [0.25, 0.3) is 0 Å². The van der Waals surface area contributed by atoms with E-state index in [1.54, 1.807) is 6.20 Å². The van der Waals surface area contributed by atoms with Gasteiger partial charge in [0.15, 0.2) is 0 Å². The van der Waals surface area contributed by atoms with Crippen LogP contribution in [0.2, 0.25) is 0 Å². The first kappa shape index (κ1) is 13.1. The third-order valence-corrected chi connectivity index (χ3v) is 3.78. The normalized spacial score (nSPS) is 15.4. The summed E-state index contributed by atoms with van der Waals surface area (Å²) in [6, 6.07) is 8.75. The molecule has 4 heteroatoms. The fourth-order valence-electron chi connectivity index (χ4n) is 2.70. The van der Waals surface area contributed by atoms with Crippen LogP contribution in [0.15, 0.2) is 36.7 Å². The van der Waals surface area contributed by atoms with Crippen molar-refractivity contribution in [2.45, 2.75) is 25.9 Å². The Morgan fingerprint density at radius 2 is 2.00 bits per heavy atom. The molecule has 4 nitrogen and oxygen atoms in total. The first-order chi connectivity index (χ1) is 9.85. The lowest BCUT2D eigenvalue weighted by molar-refractivity contribution is 0.257. The predicted octanol–water partition coefficient (Wildman–Crippen LogP) is 2.47. The van der Waals surface area contributed by atoms with E-state index in [0.29, 0.717) is 0 Å². The summed E-state index contributed by atoms with van der Waals surface area (Å²) < 4.78 is 0. The van der Waals surface area contributed by atoms with Crippen molar-refractivity contribution in [1.82, 2.24) is 14.9 Å². The Morgan fingerprint density at radius 1 is 1.15 bits per heavy atom. The maximum atomic E-state index is 4.46. The fourth-order valence-corrected chi connectivity index (χ4v) is 2.70. The van der Waals surface area contributed by atoms with Gasteiger partial charge in [0.05, 0.1) is 18.1 Å². The Labute approximate surface area is 119 Å². The van der Waals surface area contributed by atoms with Crippen molar-refractivity contribution in [3.8, 4) is 0 Å². The molecule has 20 heavy (non-hydrogen) atoms. The lowest BCUT2D eigenvalue weighted by Crippen LogP contribution is -2.23. The number of nitrogens with zero attached hydrogens (tertiary/aromatic N) is 3. The Bertz CT molecular complexity index is 565. The van der Waals surface area contributed by atoms with Crippen LogP contribution in [0.4, 0.5) is 5.82 Å². The third-order valence-electron chi connectivity index (χ3n) is 3.78. The summed E-state index contributed by atoms with van der Waals surface area (Å²) in [6.45, 7) is 2.99. The summed E-state index contributed by atoms with van der Waals surface area (Å²) in [5, 5.41) is 2.99. The molecule has 1 aliphatic heterocycles. The zero-order chi connectivity index (χ0) is 13.8. The van der Waals surface area contributed by atoms with Crippen LogP contribution in [0.3, 0.4) is 0 Å². The van der Waals surface area contributed by atoms with E-state index in [0.717, 1.165) is 31.1 Å². The molecule has 0 fully saturated rings. The molecule has 0 atom stereocenters. The van der Waals surface area contributed by atoms with E-state index in [1.165, 1.54) is 24.0 Å². The molecule has 1 aliphatic rings. The van der Waals surface area contributed by atoms with Crippen molar-refractivity contribution in [3.05, 3.63) is 53.5 Å². The summed E-state index contributed by atoms with van der Waals surface area (Å²) >= 11 is 0. The van der Waals surface area contributed by atoms with E-state index in [4.69, 9.17) is 0 Å². The highest BCUT2D eigenvalue weighted by Gasteiger charge is 2.14. The molecule has 0 saturated carbocycles. The van der Waals surface area contributed by atoms with E-state index in [2.05, 4.69) is 44.5 Å². The van der Waals surface area contributed by atoms with Gasteiger partial charge in [0, 0.05) is 20.1 Å². The molecule has 3 rings (SSSR count). The Hall–Kier alpha value is -1.94. The van der Waals surface area contributed by atoms with E-state index in [9.17, 15) is 0 Å². The van der Waals surface area contributed by atoms with Gasteiger partial charge in [-0.15, -0.1) is 0 Å². The van der Waals surface area contributed by atoms with Gasteiger partial charge in [0.25, 0.3) is 0 Å². The smallest absolute Gasteiger partial charge is 0.144 e. The van der Waals surface area contributed by atoms with Crippen molar-refractivity contribution >= 4 is 5.82 Å². The lowest BCUT2D eigenvalue weighted by atomic mass is 10.0. The summed E-state index contributed by atoms with van der Waals surface area (Å²) in [5.74, 6) is 0.815. The standard InChI is InChI=1S/C16H20N4/c1-17-16-10-18-15(9-19-16)12-20-8-4-7-13-5-2-3-6-14(13)11-20/h2-3,5-6,9-10H,4,7-8,11-12H2,1H3,(H,17,19). The van der Waals surface area contributed by atoms with Crippen molar-refractivity contribution in [3.63, 3.8) is 0 Å². The van der Waals surface area contributed by atoms with Gasteiger partial charge in [-0.05, 0) is 30.5 Å². The number of benzene rings is 1. The van der Waals surface area contributed by atoms with Crippen LogP contribution < -0.4 is 5.32 Å². The van der Waals surface area contributed by atoms with Crippen LogP contribution >= 0.6 is 0 Å². The second-order valence-corrected chi connectivity index (χ2v) is 5.23. The van der Waals surface area contributed by atoms with Crippen molar-refractivity contribution < 1.29 is 0 Å². The van der Waals surface area contributed by atoms with Crippen LogP contribution in [0.1, 0.15) is 23.2 Å². The number of aromatic nitrogens is 2. The van der Waals surface area contributed by atoms with Gasteiger partial charge in [-0.1, -0.05) is 24.3 Å². The number of nitrogens with one attached hydrogen (secondary N) is 1. The fraction of sp³-hybridized carbons (Fsp3) is 0.375. The highest BCUT2D eigenvalue weighted by Crippen LogP contribution is 2.19. The molecule has 1 N–H and O–H groups in total. The average Bonchev–Trinajstić information content (AvgIpc) is 2.69. The molecule has 0 aliphatic carbocycles. The van der Waals surface area contributed by atoms with Crippen LogP contribution in [0.5, 0.6) is 0 Å². The van der Waals surface area contributed by atoms with E-state index >= 15 is 0 Å². The average molecular weight is 268 g/mol. The minimum absolute atomic E-state index is 0.815. The lowest BCUT2D eigenvalue weighted by Gasteiger charge is -2.19. The number of aryl methyl sites for hydroxylation is 1. The molecule has 0 bridgehead atoms. The topological polar surface area (TPSA) is 41.1 Å². The Kier molecular flexibility index (Phi) is 3.92. The van der Waals surface area contributed by atoms with Gasteiger partial charge < -0.3 is 5.32 Å². The van der Waals surface area contributed by atoms with Crippen molar-refractivity contribution in [2.24, 2.45) is 0 Å². The highest BCUT2D eigenvalue weighted by atomic mass is 15.1. The molecule has 104 valence electrons. The van der Waals surface area contributed by atoms with Gasteiger partial charge in [0.1, 0.15) is 5.82 Å². The van der Waals surface area contributed by atoms with Gasteiger partial charge in [-0.2, -0.15) is 0 Å². The van der Waals surface area contributed by atoms with Gasteiger partial charge in [0.2, 0.25) is 0 Å². The summed E-state index contributed by atoms with van der Waals surface area (Å²) in [6.07, 6.45) is 6.04. The Balaban J connectivity index is 1.71. The van der Waals surface area contributed by atoms with Crippen LogP contribution in [-0.2, 0) is 19.5 Å².